The largest absolute Gasteiger partial charge is 0.320 e. The van der Waals surface area contributed by atoms with E-state index in [0.717, 1.165) is 11.1 Å². The Morgan fingerprint density at radius 3 is 1.17 bits per heavy atom. The molecular weight excluding hydrogens is 218 g/mol. The highest BCUT2D eigenvalue weighted by Crippen LogP contribution is 2.18. The molecule has 0 aromatic heterocycles. The van der Waals surface area contributed by atoms with E-state index in [9.17, 15) is 0 Å². The van der Waals surface area contributed by atoms with Crippen molar-refractivity contribution in [1.29, 1.82) is 0 Å². The van der Waals surface area contributed by atoms with Crippen molar-refractivity contribution < 1.29 is 0 Å². The van der Waals surface area contributed by atoms with Crippen LogP contribution in [0.5, 0.6) is 0 Å². The maximum absolute atomic E-state index is 6.12. The van der Waals surface area contributed by atoms with Gasteiger partial charge in [0.1, 0.15) is 0 Å². The number of benzene rings is 2. The summed E-state index contributed by atoms with van der Waals surface area (Å²) in [5.41, 5.74) is 8.42. The molecule has 0 aliphatic carbocycles. The Labute approximate surface area is 112 Å². The molecule has 0 atom stereocenters. The van der Waals surface area contributed by atoms with Gasteiger partial charge in [-0.25, -0.2) is 0 Å². The molecule has 1 nitrogen and oxygen atoms in total. The lowest BCUT2D eigenvalue weighted by Gasteiger charge is -2.11. The van der Waals surface area contributed by atoms with Crippen LogP contribution in [0.3, 0.4) is 0 Å². The summed E-state index contributed by atoms with van der Waals surface area (Å²) < 4.78 is 0. The second kappa shape index (κ2) is 10.5. The van der Waals surface area contributed by atoms with Crippen LogP contribution >= 0.6 is 0 Å². The molecule has 2 aromatic carbocycles. The van der Waals surface area contributed by atoms with Crippen LogP contribution in [0.4, 0.5) is 0 Å². The SMILES string of the molecule is CC.CC.NC(c1ccccc1)c1ccccc1. The highest BCUT2D eigenvalue weighted by Gasteiger charge is 2.06. The third-order valence-corrected chi connectivity index (χ3v) is 2.32. The zero-order valence-corrected chi connectivity index (χ0v) is 11.9. The van der Waals surface area contributed by atoms with Crippen molar-refractivity contribution in [1.82, 2.24) is 0 Å². The minimum absolute atomic E-state index is 0.0163. The lowest BCUT2D eigenvalue weighted by molar-refractivity contribution is 0.871. The van der Waals surface area contributed by atoms with Crippen LogP contribution in [0, 0.1) is 0 Å². The van der Waals surface area contributed by atoms with Gasteiger partial charge < -0.3 is 5.73 Å². The predicted molar refractivity (Wildman–Crippen MR) is 81.6 cm³/mol. The maximum atomic E-state index is 6.12. The summed E-state index contributed by atoms with van der Waals surface area (Å²) in [7, 11) is 0. The third kappa shape index (κ3) is 5.15. The summed E-state index contributed by atoms with van der Waals surface area (Å²) in [6, 6.07) is 20.2. The third-order valence-electron chi connectivity index (χ3n) is 2.32. The van der Waals surface area contributed by atoms with Crippen LogP contribution < -0.4 is 5.73 Å². The molecule has 2 rings (SSSR count). The van der Waals surface area contributed by atoms with Gasteiger partial charge in [-0.05, 0) is 11.1 Å². The van der Waals surface area contributed by atoms with Gasteiger partial charge in [0.05, 0.1) is 6.04 Å². The van der Waals surface area contributed by atoms with Crippen molar-refractivity contribution in [2.75, 3.05) is 0 Å². The van der Waals surface area contributed by atoms with Gasteiger partial charge in [0.2, 0.25) is 0 Å². The molecule has 0 unspecified atom stereocenters. The molecule has 0 heterocycles. The van der Waals surface area contributed by atoms with E-state index >= 15 is 0 Å². The van der Waals surface area contributed by atoms with E-state index in [-0.39, 0.29) is 6.04 Å². The molecule has 0 aliphatic heterocycles. The lowest BCUT2D eigenvalue weighted by Crippen LogP contribution is -2.11. The fraction of sp³-hybridized carbons (Fsp3) is 0.294. The van der Waals surface area contributed by atoms with Gasteiger partial charge in [-0.1, -0.05) is 88.4 Å². The summed E-state index contributed by atoms with van der Waals surface area (Å²) in [6.07, 6.45) is 0. The van der Waals surface area contributed by atoms with Crippen molar-refractivity contribution >= 4 is 0 Å². The highest BCUT2D eigenvalue weighted by atomic mass is 14.6. The Kier molecular flexibility index (Phi) is 9.61. The van der Waals surface area contributed by atoms with Crippen molar-refractivity contribution in [3.8, 4) is 0 Å². The summed E-state index contributed by atoms with van der Waals surface area (Å²) >= 11 is 0. The molecule has 98 valence electrons. The van der Waals surface area contributed by atoms with E-state index in [0.29, 0.717) is 0 Å². The lowest BCUT2D eigenvalue weighted by atomic mass is 10.00. The Balaban J connectivity index is 0.000000659. The average molecular weight is 243 g/mol. The van der Waals surface area contributed by atoms with Crippen LogP contribution in [0.2, 0.25) is 0 Å². The molecule has 18 heavy (non-hydrogen) atoms. The highest BCUT2D eigenvalue weighted by molar-refractivity contribution is 5.30. The van der Waals surface area contributed by atoms with E-state index in [2.05, 4.69) is 24.3 Å². The molecule has 0 saturated carbocycles. The van der Waals surface area contributed by atoms with E-state index in [1.54, 1.807) is 0 Å². The molecule has 0 spiro atoms. The van der Waals surface area contributed by atoms with E-state index < -0.39 is 0 Å². The second-order valence-electron chi connectivity index (χ2n) is 3.30. The van der Waals surface area contributed by atoms with Crippen LogP contribution in [-0.4, -0.2) is 0 Å². The molecule has 0 aliphatic rings. The maximum Gasteiger partial charge on any atom is 0.0551 e. The minimum Gasteiger partial charge on any atom is -0.320 e. The molecule has 2 N–H and O–H groups in total. The van der Waals surface area contributed by atoms with E-state index in [1.165, 1.54) is 0 Å². The van der Waals surface area contributed by atoms with Crippen LogP contribution in [0.1, 0.15) is 44.9 Å². The number of hydrogen-bond acceptors (Lipinski definition) is 1. The number of nitrogens with two attached hydrogens (primary N) is 1. The van der Waals surface area contributed by atoms with Crippen molar-refractivity contribution in [2.45, 2.75) is 33.7 Å². The van der Waals surface area contributed by atoms with Crippen LogP contribution in [0.15, 0.2) is 60.7 Å². The molecule has 2 aromatic rings. The Bertz CT molecular complexity index is 341. The zero-order chi connectivity index (χ0) is 13.8. The fourth-order valence-electron chi connectivity index (χ4n) is 1.51. The Hall–Kier alpha value is -1.60. The van der Waals surface area contributed by atoms with Crippen LogP contribution in [0.25, 0.3) is 0 Å². The molecule has 0 radical (unpaired) electrons. The van der Waals surface area contributed by atoms with Crippen LogP contribution in [-0.2, 0) is 0 Å². The summed E-state index contributed by atoms with van der Waals surface area (Å²) in [5, 5.41) is 0. The van der Waals surface area contributed by atoms with Gasteiger partial charge in [0.25, 0.3) is 0 Å². The number of hydrogen-bond donors (Lipinski definition) is 1. The molecule has 0 saturated heterocycles. The second-order valence-corrected chi connectivity index (χ2v) is 3.30. The molecule has 0 fully saturated rings. The van der Waals surface area contributed by atoms with Gasteiger partial charge in [-0.3, -0.25) is 0 Å². The van der Waals surface area contributed by atoms with Gasteiger partial charge in [-0.2, -0.15) is 0 Å². The predicted octanol–water partition coefficient (Wildman–Crippen LogP) is 4.79. The fourth-order valence-corrected chi connectivity index (χ4v) is 1.51. The standard InChI is InChI=1S/C13H13N.2C2H6/c14-13(11-7-3-1-4-8-11)12-9-5-2-6-10-12;2*1-2/h1-10,13H,14H2;2*1-2H3. The Morgan fingerprint density at radius 2 is 0.889 bits per heavy atom. The van der Waals surface area contributed by atoms with Crippen molar-refractivity contribution in [2.24, 2.45) is 5.73 Å². The average Bonchev–Trinajstić information content (AvgIpc) is 2.52. The first-order valence-corrected chi connectivity index (χ1v) is 6.73. The molecule has 0 amide bonds. The van der Waals surface area contributed by atoms with Gasteiger partial charge in [-0.15, -0.1) is 0 Å². The van der Waals surface area contributed by atoms with Crippen molar-refractivity contribution in [3.05, 3.63) is 71.8 Å². The van der Waals surface area contributed by atoms with Crippen molar-refractivity contribution in [3.63, 3.8) is 0 Å². The minimum atomic E-state index is -0.0163. The monoisotopic (exact) mass is 243 g/mol. The normalized spacial score (nSPS) is 8.78. The molecule has 1 heteroatoms. The summed E-state index contributed by atoms with van der Waals surface area (Å²) in [6.45, 7) is 8.00. The quantitative estimate of drug-likeness (QED) is 0.806. The topological polar surface area (TPSA) is 26.0 Å². The molecule has 0 bridgehead atoms. The van der Waals surface area contributed by atoms with E-state index in [1.807, 2.05) is 64.1 Å². The van der Waals surface area contributed by atoms with Gasteiger partial charge >= 0.3 is 0 Å². The van der Waals surface area contributed by atoms with Gasteiger partial charge in [0.15, 0.2) is 0 Å². The van der Waals surface area contributed by atoms with E-state index in [4.69, 9.17) is 5.73 Å². The number of rotatable bonds is 2. The first-order chi connectivity index (χ1) is 8.88. The molecular formula is C17H25N. The summed E-state index contributed by atoms with van der Waals surface area (Å²) in [4.78, 5) is 0. The van der Waals surface area contributed by atoms with Gasteiger partial charge in [0, 0.05) is 0 Å². The zero-order valence-electron chi connectivity index (χ0n) is 11.9. The Morgan fingerprint density at radius 1 is 0.611 bits per heavy atom. The smallest absolute Gasteiger partial charge is 0.0551 e. The first-order valence-electron chi connectivity index (χ1n) is 6.73. The summed E-state index contributed by atoms with van der Waals surface area (Å²) in [5.74, 6) is 0. The first kappa shape index (κ1) is 16.4.